The van der Waals surface area contributed by atoms with E-state index in [2.05, 4.69) is 15.6 Å². The molecule has 0 aliphatic carbocycles. The fourth-order valence-electron chi connectivity index (χ4n) is 2.36. The van der Waals surface area contributed by atoms with Gasteiger partial charge in [0.2, 0.25) is 10.0 Å². The number of furan rings is 1. The van der Waals surface area contributed by atoms with Gasteiger partial charge >= 0.3 is 0 Å². The Hall–Kier alpha value is -1.63. The summed E-state index contributed by atoms with van der Waals surface area (Å²) in [5.74, 6) is 1.73. The van der Waals surface area contributed by atoms with E-state index >= 15 is 0 Å². The highest BCUT2D eigenvalue weighted by atomic mass is 127. The molecule has 0 amide bonds. The Bertz CT molecular complexity index is 893. The summed E-state index contributed by atoms with van der Waals surface area (Å²) in [4.78, 5) is 4.51. The lowest BCUT2D eigenvalue weighted by atomic mass is 10.0. The molecule has 28 heavy (non-hydrogen) atoms. The maximum Gasteiger partial charge on any atom is 0.238 e. The van der Waals surface area contributed by atoms with Gasteiger partial charge in [-0.15, -0.1) is 24.0 Å². The lowest BCUT2D eigenvalue weighted by Gasteiger charge is -2.22. The van der Waals surface area contributed by atoms with Crippen molar-refractivity contribution in [2.45, 2.75) is 37.8 Å². The lowest BCUT2D eigenvalue weighted by molar-refractivity contribution is 0.0378. The Morgan fingerprint density at radius 1 is 1.21 bits per heavy atom. The monoisotopic (exact) mass is 522 g/mol. The number of aliphatic imine (C=N–C) groups is 1. The molecule has 1 aromatic carbocycles. The number of guanidine groups is 1. The SMILES string of the molecule is CCNC(=NCc1ccc(S(N)(=O)=O)cc1)NCC(C)(O)c1ccc(C)o1.I. The highest BCUT2D eigenvalue weighted by Crippen LogP contribution is 2.21. The topological polar surface area (TPSA) is 130 Å². The van der Waals surface area contributed by atoms with Gasteiger partial charge in [-0.05, 0) is 50.6 Å². The van der Waals surface area contributed by atoms with Crippen LogP contribution < -0.4 is 15.8 Å². The molecule has 0 aliphatic rings. The Morgan fingerprint density at radius 3 is 2.36 bits per heavy atom. The van der Waals surface area contributed by atoms with Crippen LogP contribution in [0.25, 0.3) is 0 Å². The van der Waals surface area contributed by atoms with Crippen molar-refractivity contribution in [2.75, 3.05) is 13.1 Å². The fraction of sp³-hybridized carbons (Fsp3) is 0.389. The van der Waals surface area contributed by atoms with E-state index in [1.54, 1.807) is 31.2 Å². The first-order chi connectivity index (χ1) is 12.6. The first kappa shape index (κ1) is 24.4. The Kier molecular flexibility index (Phi) is 8.92. The molecule has 0 fully saturated rings. The minimum absolute atomic E-state index is 0. The molecule has 1 unspecified atom stereocenters. The van der Waals surface area contributed by atoms with Crippen molar-refractivity contribution in [1.82, 2.24) is 10.6 Å². The smallest absolute Gasteiger partial charge is 0.238 e. The van der Waals surface area contributed by atoms with Crippen LogP contribution in [0.1, 0.15) is 30.9 Å². The molecule has 5 N–H and O–H groups in total. The quantitative estimate of drug-likeness (QED) is 0.250. The van der Waals surface area contributed by atoms with Gasteiger partial charge in [-0.2, -0.15) is 0 Å². The molecule has 0 spiro atoms. The molecule has 1 aromatic heterocycles. The minimum atomic E-state index is -3.71. The van der Waals surface area contributed by atoms with Gasteiger partial charge in [0, 0.05) is 6.54 Å². The normalized spacial score (nSPS) is 14.1. The molecule has 0 radical (unpaired) electrons. The third-order valence-electron chi connectivity index (χ3n) is 3.89. The highest BCUT2D eigenvalue weighted by molar-refractivity contribution is 14.0. The predicted molar refractivity (Wildman–Crippen MR) is 119 cm³/mol. The van der Waals surface area contributed by atoms with Crippen LogP contribution in [0.5, 0.6) is 0 Å². The lowest BCUT2D eigenvalue weighted by Crippen LogP contribution is -2.44. The second-order valence-corrected chi connectivity index (χ2v) is 7.98. The summed E-state index contributed by atoms with van der Waals surface area (Å²) < 4.78 is 28.1. The molecule has 10 heteroatoms. The third-order valence-corrected chi connectivity index (χ3v) is 4.82. The first-order valence-corrected chi connectivity index (χ1v) is 10.1. The number of sulfonamides is 1. The Balaban J connectivity index is 0.00000392. The molecule has 0 saturated heterocycles. The largest absolute Gasteiger partial charge is 0.463 e. The fourth-order valence-corrected chi connectivity index (χ4v) is 2.88. The van der Waals surface area contributed by atoms with Crippen LogP contribution in [-0.4, -0.2) is 32.6 Å². The van der Waals surface area contributed by atoms with Crippen LogP contribution in [-0.2, 0) is 22.2 Å². The molecule has 2 rings (SSSR count). The number of aryl methyl sites for hydroxylation is 1. The zero-order chi connectivity index (χ0) is 20.1. The number of halogens is 1. The standard InChI is InChI=1S/C18H26N4O4S.HI/c1-4-20-17(22-12-18(3,23)16-10-5-13(2)26-16)21-11-14-6-8-15(9-7-14)27(19,24)25;/h5-10,23H,4,11-12H2,1-3H3,(H2,19,24,25)(H2,20,21,22);1H. The minimum Gasteiger partial charge on any atom is -0.463 e. The summed E-state index contributed by atoms with van der Waals surface area (Å²) >= 11 is 0. The van der Waals surface area contributed by atoms with Crippen molar-refractivity contribution in [3.05, 3.63) is 53.5 Å². The average Bonchev–Trinajstić information content (AvgIpc) is 3.04. The summed E-state index contributed by atoms with van der Waals surface area (Å²) in [6, 6.07) is 9.76. The van der Waals surface area contributed by atoms with Crippen molar-refractivity contribution < 1.29 is 17.9 Å². The first-order valence-electron chi connectivity index (χ1n) is 8.55. The summed E-state index contributed by atoms with van der Waals surface area (Å²) in [7, 11) is -3.71. The van der Waals surface area contributed by atoms with E-state index in [-0.39, 0.29) is 35.4 Å². The van der Waals surface area contributed by atoms with Crippen LogP contribution in [0.2, 0.25) is 0 Å². The number of aliphatic hydroxyl groups is 1. The van der Waals surface area contributed by atoms with E-state index in [0.29, 0.717) is 24.8 Å². The van der Waals surface area contributed by atoms with E-state index in [1.807, 2.05) is 13.8 Å². The van der Waals surface area contributed by atoms with Crippen molar-refractivity contribution in [3.8, 4) is 0 Å². The van der Waals surface area contributed by atoms with Crippen LogP contribution in [0.15, 0.2) is 50.7 Å². The third kappa shape index (κ3) is 7.08. The number of rotatable bonds is 7. The maximum absolute atomic E-state index is 11.3. The summed E-state index contributed by atoms with van der Waals surface area (Å²) in [6.45, 7) is 6.61. The van der Waals surface area contributed by atoms with E-state index in [1.165, 1.54) is 12.1 Å². The second kappa shape index (κ2) is 10.2. The number of hydrogen-bond acceptors (Lipinski definition) is 5. The molecule has 156 valence electrons. The van der Waals surface area contributed by atoms with Gasteiger partial charge in [0.05, 0.1) is 18.0 Å². The highest BCUT2D eigenvalue weighted by Gasteiger charge is 2.27. The van der Waals surface area contributed by atoms with Crippen LogP contribution in [0, 0.1) is 6.92 Å². The number of nitrogens with two attached hydrogens (primary N) is 1. The molecular formula is C18H27IN4O4S. The van der Waals surface area contributed by atoms with Gasteiger partial charge in [-0.3, -0.25) is 0 Å². The summed E-state index contributed by atoms with van der Waals surface area (Å²) in [5, 5.41) is 21.9. The van der Waals surface area contributed by atoms with Gasteiger partial charge in [0.15, 0.2) is 5.96 Å². The summed E-state index contributed by atoms with van der Waals surface area (Å²) in [5.41, 5.74) is -0.366. The van der Waals surface area contributed by atoms with E-state index in [9.17, 15) is 13.5 Å². The van der Waals surface area contributed by atoms with Crippen molar-refractivity contribution in [1.29, 1.82) is 0 Å². The molecule has 1 atom stereocenters. The average molecular weight is 522 g/mol. The van der Waals surface area contributed by atoms with Crippen molar-refractivity contribution in [3.63, 3.8) is 0 Å². The number of benzene rings is 1. The van der Waals surface area contributed by atoms with E-state index < -0.39 is 15.6 Å². The molecule has 0 saturated carbocycles. The predicted octanol–water partition coefficient (Wildman–Crippen LogP) is 1.82. The zero-order valence-corrected chi connectivity index (χ0v) is 19.2. The maximum atomic E-state index is 11.3. The van der Waals surface area contributed by atoms with Crippen LogP contribution >= 0.6 is 24.0 Å². The number of hydrogen-bond donors (Lipinski definition) is 4. The van der Waals surface area contributed by atoms with Gasteiger partial charge in [0.1, 0.15) is 17.1 Å². The van der Waals surface area contributed by atoms with Crippen molar-refractivity contribution in [2.24, 2.45) is 10.1 Å². The molecule has 2 aromatic rings. The Morgan fingerprint density at radius 2 is 1.86 bits per heavy atom. The van der Waals surface area contributed by atoms with Gasteiger partial charge in [-0.25, -0.2) is 18.5 Å². The van der Waals surface area contributed by atoms with Gasteiger partial charge in [-0.1, -0.05) is 12.1 Å². The van der Waals surface area contributed by atoms with E-state index in [0.717, 1.165) is 11.3 Å². The number of primary sulfonamides is 1. The number of nitrogens with one attached hydrogen (secondary N) is 2. The van der Waals surface area contributed by atoms with E-state index in [4.69, 9.17) is 9.56 Å². The molecular weight excluding hydrogens is 495 g/mol. The summed E-state index contributed by atoms with van der Waals surface area (Å²) in [6.07, 6.45) is 0. The molecule has 8 nitrogen and oxygen atoms in total. The van der Waals surface area contributed by atoms with Gasteiger partial charge in [0.25, 0.3) is 0 Å². The molecule has 0 aliphatic heterocycles. The molecule has 0 bridgehead atoms. The molecule has 1 heterocycles. The Labute approximate surface area is 182 Å². The second-order valence-electron chi connectivity index (χ2n) is 6.42. The van der Waals surface area contributed by atoms with Crippen molar-refractivity contribution >= 4 is 40.0 Å². The van der Waals surface area contributed by atoms with Crippen LogP contribution in [0.3, 0.4) is 0 Å². The number of nitrogens with zero attached hydrogens (tertiary/aromatic N) is 1. The zero-order valence-electron chi connectivity index (χ0n) is 16.1. The van der Waals surface area contributed by atoms with Gasteiger partial charge < -0.3 is 20.2 Å². The van der Waals surface area contributed by atoms with Crippen LogP contribution in [0.4, 0.5) is 0 Å².